The minimum atomic E-state index is -4.40. The molecule has 3 aromatic rings. The lowest BCUT2D eigenvalue weighted by Gasteiger charge is -2.12. The third kappa shape index (κ3) is 3.32. The molecule has 1 aliphatic rings. The number of halogens is 3. The van der Waals surface area contributed by atoms with Crippen molar-refractivity contribution in [2.75, 3.05) is 10.6 Å². The first-order valence-electron chi connectivity index (χ1n) is 8.00. The van der Waals surface area contributed by atoms with Gasteiger partial charge in [0.15, 0.2) is 0 Å². The van der Waals surface area contributed by atoms with E-state index in [0.717, 1.165) is 25.0 Å². The van der Waals surface area contributed by atoms with E-state index in [-0.39, 0.29) is 16.8 Å². The number of benzene rings is 1. The van der Waals surface area contributed by atoms with Gasteiger partial charge in [-0.05, 0) is 43.2 Å². The summed E-state index contributed by atoms with van der Waals surface area (Å²) in [7, 11) is 0. The van der Waals surface area contributed by atoms with Gasteiger partial charge in [0.2, 0.25) is 5.95 Å². The number of H-pyrrole nitrogens is 1. The molecule has 1 saturated carbocycles. The molecule has 1 fully saturated rings. The predicted octanol–water partition coefficient (Wildman–Crippen LogP) is 3.65. The Hall–Kier alpha value is -3.10. The second-order valence-corrected chi connectivity index (χ2v) is 6.08. The minimum absolute atomic E-state index is 0.236. The standard InChI is InChI=1S/C17H14F3N5O/c18-17(19,20)9-1-3-10(4-2-9)22-14-13-12(7-8-21-15(13)26)24-16(25-14)23-11-5-6-11/h1-4,7-8,11H,5-6H2,(H,21,26)(H2,22,23,24,25). The van der Waals surface area contributed by atoms with Gasteiger partial charge in [-0.25, -0.2) is 4.98 Å². The molecular weight excluding hydrogens is 347 g/mol. The lowest BCUT2D eigenvalue weighted by Crippen LogP contribution is -2.13. The van der Waals surface area contributed by atoms with Gasteiger partial charge in [0.05, 0.1) is 11.1 Å². The summed E-state index contributed by atoms with van der Waals surface area (Å²) in [5, 5.41) is 6.33. The molecule has 2 heterocycles. The molecule has 0 radical (unpaired) electrons. The van der Waals surface area contributed by atoms with Crippen LogP contribution in [0, 0.1) is 0 Å². The first-order chi connectivity index (χ1) is 12.4. The molecule has 0 saturated heterocycles. The largest absolute Gasteiger partial charge is 0.416 e. The van der Waals surface area contributed by atoms with E-state index in [0.29, 0.717) is 23.2 Å². The van der Waals surface area contributed by atoms with Crippen LogP contribution in [-0.4, -0.2) is 21.0 Å². The highest BCUT2D eigenvalue weighted by atomic mass is 19.4. The number of aromatic amines is 1. The Kier molecular flexibility index (Phi) is 3.78. The number of pyridine rings is 1. The second-order valence-electron chi connectivity index (χ2n) is 6.08. The Morgan fingerprint density at radius 3 is 2.46 bits per heavy atom. The molecule has 4 rings (SSSR count). The summed E-state index contributed by atoms with van der Waals surface area (Å²) in [5.41, 5.74) is -0.292. The van der Waals surface area contributed by atoms with Crippen molar-refractivity contribution in [1.82, 2.24) is 15.0 Å². The summed E-state index contributed by atoms with van der Waals surface area (Å²) in [4.78, 5) is 23.4. The molecule has 0 amide bonds. The van der Waals surface area contributed by atoms with Gasteiger partial charge in [-0.3, -0.25) is 4.79 Å². The number of hydrogen-bond donors (Lipinski definition) is 3. The molecule has 1 aliphatic carbocycles. The molecule has 0 spiro atoms. The van der Waals surface area contributed by atoms with Crippen LogP contribution >= 0.6 is 0 Å². The van der Waals surface area contributed by atoms with Crippen molar-refractivity contribution >= 4 is 28.4 Å². The summed E-state index contributed by atoms with van der Waals surface area (Å²) >= 11 is 0. The average molecular weight is 361 g/mol. The van der Waals surface area contributed by atoms with Crippen molar-refractivity contribution in [2.24, 2.45) is 0 Å². The van der Waals surface area contributed by atoms with Crippen LogP contribution in [-0.2, 0) is 6.18 Å². The van der Waals surface area contributed by atoms with Crippen LogP contribution in [0.2, 0.25) is 0 Å². The van der Waals surface area contributed by atoms with E-state index in [1.807, 2.05) is 0 Å². The Morgan fingerprint density at radius 1 is 1.08 bits per heavy atom. The molecule has 1 aromatic carbocycles. The average Bonchev–Trinajstić information content (AvgIpc) is 3.38. The zero-order chi connectivity index (χ0) is 18.3. The summed E-state index contributed by atoms with van der Waals surface area (Å²) in [6.07, 6.45) is -0.865. The molecule has 134 valence electrons. The third-order valence-corrected chi connectivity index (χ3v) is 4.01. The summed E-state index contributed by atoms with van der Waals surface area (Å²) in [5.74, 6) is 0.611. The smallest absolute Gasteiger partial charge is 0.351 e. The van der Waals surface area contributed by atoms with Gasteiger partial charge in [0, 0.05) is 17.9 Å². The lowest BCUT2D eigenvalue weighted by atomic mass is 10.2. The highest BCUT2D eigenvalue weighted by molar-refractivity contribution is 5.90. The Balaban J connectivity index is 1.73. The van der Waals surface area contributed by atoms with Crippen molar-refractivity contribution in [3.8, 4) is 0 Å². The van der Waals surface area contributed by atoms with Crippen LogP contribution in [0.5, 0.6) is 0 Å². The SMILES string of the molecule is O=c1[nH]ccc2nc(NC3CC3)nc(Nc3ccc(C(F)(F)F)cc3)c12. The van der Waals surface area contributed by atoms with Crippen LogP contribution in [0.4, 0.5) is 30.6 Å². The van der Waals surface area contributed by atoms with Crippen LogP contribution in [0.25, 0.3) is 10.9 Å². The molecule has 26 heavy (non-hydrogen) atoms. The molecule has 0 bridgehead atoms. The topological polar surface area (TPSA) is 82.7 Å². The fourth-order valence-corrected chi connectivity index (χ4v) is 2.54. The summed E-state index contributed by atoms with van der Waals surface area (Å²) in [6, 6.07) is 6.49. The van der Waals surface area contributed by atoms with E-state index >= 15 is 0 Å². The number of aromatic nitrogens is 3. The molecule has 6 nitrogen and oxygen atoms in total. The first-order valence-corrected chi connectivity index (χ1v) is 8.00. The predicted molar refractivity (Wildman–Crippen MR) is 91.5 cm³/mol. The van der Waals surface area contributed by atoms with Gasteiger partial charge >= 0.3 is 6.18 Å². The maximum absolute atomic E-state index is 12.7. The van der Waals surface area contributed by atoms with Crippen LogP contribution < -0.4 is 16.2 Å². The fraction of sp³-hybridized carbons (Fsp3) is 0.235. The number of fused-ring (bicyclic) bond motifs is 1. The lowest BCUT2D eigenvalue weighted by molar-refractivity contribution is -0.137. The van der Waals surface area contributed by atoms with Crippen molar-refractivity contribution in [3.63, 3.8) is 0 Å². The minimum Gasteiger partial charge on any atom is -0.351 e. The molecule has 0 atom stereocenters. The quantitative estimate of drug-likeness (QED) is 0.661. The Bertz CT molecular complexity index is 1010. The van der Waals surface area contributed by atoms with Gasteiger partial charge in [0.1, 0.15) is 11.2 Å². The maximum Gasteiger partial charge on any atom is 0.416 e. The van der Waals surface area contributed by atoms with E-state index in [9.17, 15) is 18.0 Å². The van der Waals surface area contributed by atoms with Gasteiger partial charge < -0.3 is 15.6 Å². The van der Waals surface area contributed by atoms with Crippen molar-refractivity contribution in [3.05, 3.63) is 52.4 Å². The van der Waals surface area contributed by atoms with Crippen molar-refractivity contribution in [1.29, 1.82) is 0 Å². The van der Waals surface area contributed by atoms with Gasteiger partial charge in [-0.2, -0.15) is 18.2 Å². The summed E-state index contributed by atoms with van der Waals surface area (Å²) in [6.45, 7) is 0. The van der Waals surface area contributed by atoms with E-state index in [4.69, 9.17) is 0 Å². The number of nitrogens with one attached hydrogen (secondary N) is 3. The van der Waals surface area contributed by atoms with Gasteiger partial charge in [-0.1, -0.05) is 0 Å². The van der Waals surface area contributed by atoms with E-state index in [1.54, 1.807) is 6.07 Å². The highest BCUT2D eigenvalue weighted by Crippen LogP contribution is 2.31. The Morgan fingerprint density at radius 2 is 1.81 bits per heavy atom. The van der Waals surface area contributed by atoms with Gasteiger partial charge in [-0.15, -0.1) is 0 Å². The number of alkyl halides is 3. The monoisotopic (exact) mass is 361 g/mol. The Labute approximate surface area is 145 Å². The van der Waals surface area contributed by atoms with E-state index in [2.05, 4.69) is 25.6 Å². The molecule has 3 N–H and O–H groups in total. The number of nitrogens with zero attached hydrogens (tertiary/aromatic N) is 2. The van der Waals surface area contributed by atoms with Crippen molar-refractivity contribution in [2.45, 2.75) is 25.1 Å². The zero-order valence-corrected chi connectivity index (χ0v) is 13.4. The molecule has 0 aliphatic heterocycles. The fourth-order valence-electron chi connectivity index (χ4n) is 2.54. The second kappa shape index (κ2) is 6.01. The number of rotatable bonds is 4. The van der Waals surface area contributed by atoms with Crippen LogP contribution in [0.15, 0.2) is 41.3 Å². The molecule has 0 unspecified atom stereocenters. The van der Waals surface area contributed by atoms with Crippen molar-refractivity contribution < 1.29 is 13.2 Å². The van der Waals surface area contributed by atoms with E-state index < -0.39 is 11.7 Å². The van der Waals surface area contributed by atoms with Crippen LogP contribution in [0.1, 0.15) is 18.4 Å². The molecule has 2 aromatic heterocycles. The van der Waals surface area contributed by atoms with Gasteiger partial charge in [0.25, 0.3) is 5.56 Å². The molecule has 9 heteroatoms. The highest BCUT2D eigenvalue weighted by Gasteiger charge is 2.30. The van der Waals surface area contributed by atoms with Crippen LogP contribution in [0.3, 0.4) is 0 Å². The first kappa shape index (κ1) is 16.4. The van der Waals surface area contributed by atoms with E-state index in [1.165, 1.54) is 18.3 Å². The maximum atomic E-state index is 12.7. The zero-order valence-electron chi connectivity index (χ0n) is 13.4. The molecular formula is C17H14F3N5O. The summed E-state index contributed by atoms with van der Waals surface area (Å²) < 4.78 is 38.1. The third-order valence-electron chi connectivity index (χ3n) is 4.01. The number of hydrogen-bond acceptors (Lipinski definition) is 5. The number of anilines is 3. The normalized spacial score (nSPS) is 14.4.